The van der Waals surface area contributed by atoms with Crippen LogP contribution in [0.3, 0.4) is 0 Å². The largest absolute Gasteiger partial charge is 0.309 e. The summed E-state index contributed by atoms with van der Waals surface area (Å²) in [5.41, 5.74) is 2.44. The summed E-state index contributed by atoms with van der Waals surface area (Å²) in [7, 11) is 1.90. The highest BCUT2D eigenvalue weighted by molar-refractivity contribution is 7.99. The zero-order valence-corrected chi connectivity index (χ0v) is 11.5. The van der Waals surface area contributed by atoms with Crippen LogP contribution in [0.4, 0.5) is 0 Å². The molecule has 2 rings (SSSR count). The van der Waals surface area contributed by atoms with Gasteiger partial charge in [0, 0.05) is 12.7 Å². The number of nitrogens with zero attached hydrogens (tertiary/aromatic N) is 5. The Morgan fingerprint density at radius 1 is 1.28 bits per heavy atom. The van der Waals surface area contributed by atoms with Gasteiger partial charge in [-0.2, -0.15) is 5.26 Å². The molecule has 0 saturated carbocycles. The van der Waals surface area contributed by atoms with Crippen LogP contribution in [-0.4, -0.2) is 19.7 Å². The highest BCUT2D eigenvalue weighted by Crippen LogP contribution is 2.29. The Balaban J connectivity index is 2.46. The van der Waals surface area contributed by atoms with E-state index >= 15 is 0 Å². The maximum atomic E-state index is 9.20. The second kappa shape index (κ2) is 4.78. The van der Waals surface area contributed by atoms with Gasteiger partial charge in [-0.15, -0.1) is 10.2 Å². The zero-order chi connectivity index (χ0) is 13.3. The van der Waals surface area contributed by atoms with Gasteiger partial charge in [-0.05, 0) is 44.2 Å². The average molecular weight is 259 g/mol. The van der Waals surface area contributed by atoms with Crippen LogP contribution in [-0.2, 0) is 7.05 Å². The highest BCUT2D eigenvalue weighted by Gasteiger charge is 2.14. The Labute approximate surface area is 110 Å². The number of aromatic nitrogens is 4. The van der Waals surface area contributed by atoms with E-state index in [9.17, 15) is 5.26 Å². The molecule has 0 atom stereocenters. The van der Waals surface area contributed by atoms with Crippen LogP contribution in [0.1, 0.15) is 22.6 Å². The monoisotopic (exact) mass is 259 g/mol. The molecule has 0 bridgehead atoms. The Kier molecular flexibility index (Phi) is 3.34. The first-order chi connectivity index (χ1) is 8.52. The van der Waals surface area contributed by atoms with E-state index in [2.05, 4.69) is 21.3 Å². The quantitative estimate of drug-likeness (QED) is 0.826. The molecular formula is C12H13N5S. The summed E-state index contributed by atoms with van der Waals surface area (Å²) in [6.07, 6.45) is 0. The van der Waals surface area contributed by atoms with Crippen molar-refractivity contribution in [1.29, 1.82) is 5.26 Å². The number of hydrogen-bond acceptors (Lipinski definition) is 5. The van der Waals surface area contributed by atoms with E-state index in [4.69, 9.17) is 0 Å². The Bertz CT molecular complexity index is 639. The van der Waals surface area contributed by atoms with Gasteiger partial charge in [-0.1, -0.05) is 0 Å². The summed E-state index contributed by atoms with van der Waals surface area (Å²) in [6.45, 7) is 5.72. The minimum atomic E-state index is 0.603. The lowest BCUT2D eigenvalue weighted by Crippen LogP contribution is -1.97. The van der Waals surface area contributed by atoms with Crippen molar-refractivity contribution in [2.45, 2.75) is 31.0 Å². The van der Waals surface area contributed by atoms with Gasteiger partial charge in [0.25, 0.3) is 0 Å². The third kappa shape index (κ3) is 2.22. The molecule has 0 aliphatic heterocycles. The molecule has 0 N–H and O–H groups in total. The van der Waals surface area contributed by atoms with Crippen LogP contribution in [0.5, 0.6) is 0 Å². The van der Waals surface area contributed by atoms with Gasteiger partial charge in [0.1, 0.15) is 16.9 Å². The number of hydrogen-bond donors (Lipinski definition) is 0. The molecule has 92 valence electrons. The minimum Gasteiger partial charge on any atom is -0.309 e. The molecule has 0 saturated heterocycles. The van der Waals surface area contributed by atoms with Crippen LogP contribution >= 0.6 is 11.8 Å². The number of nitriles is 1. The third-order valence-electron chi connectivity index (χ3n) is 2.66. The maximum Gasteiger partial charge on any atom is 0.197 e. The van der Waals surface area contributed by atoms with Crippen LogP contribution in [0.2, 0.25) is 0 Å². The van der Waals surface area contributed by atoms with Crippen molar-refractivity contribution in [3.8, 4) is 6.07 Å². The topological polar surface area (TPSA) is 67.4 Å². The van der Waals surface area contributed by atoms with E-state index in [1.165, 1.54) is 11.8 Å². The molecule has 0 amide bonds. The smallest absolute Gasteiger partial charge is 0.197 e. The fraction of sp³-hybridized carbons (Fsp3) is 0.333. The Hall–Kier alpha value is -1.87. The second-order valence-corrected chi connectivity index (χ2v) is 5.02. The SMILES string of the molecule is Cc1cc(C)c(C#N)c(Sc2nnc(C)n2C)n1. The molecule has 0 aliphatic rings. The molecule has 0 aromatic carbocycles. The zero-order valence-electron chi connectivity index (χ0n) is 10.7. The first kappa shape index (κ1) is 12.6. The average Bonchev–Trinajstić information content (AvgIpc) is 2.60. The van der Waals surface area contributed by atoms with E-state index < -0.39 is 0 Å². The van der Waals surface area contributed by atoms with E-state index in [1.807, 2.05) is 38.5 Å². The van der Waals surface area contributed by atoms with Crippen LogP contribution in [0.15, 0.2) is 16.2 Å². The van der Waals surface area contributed by atoms with Crippen molar-refractivity contribution in [1.82, 2.24) is 19.7 Å². The molecule has 0 aliphatic carbocycles. The lowest BCUT2D eigenvalue weighted by molar-refractivity contribution is 0.764. The summed E-state index contributed by atoms with van der Waals surface area (Å²) in [5.74, 6) is 0.834. The lowest BCUT2D eigenvalue weighted by atomic mass is 10.1. The van der Waals surface area contributed by atoms with E-state index in [0.717, 1.165) is 22.2 Å². The first-order valence-electron chi connectivity index (χ1n) is 5.45. The van der Waals surface area contributed by atoms with E-state index in [0.29, 0.717) is 10.6 Å². The standard InChI is InChI=1S/C12H13N5S/c1-7-5-8(2)14-11(10(7)6-13)18-12-16-15-9(3)17(12)4/h5H,1-4H3. The number of rotatable bonds is 2. The fourth-order valence-electron chi connectivity index (χ4n) is 1.58. The third-order valence-corrected chi connectivity index (χ3v) is 3.69. The summed E-state index contributed by atoms with van der Waals surface area (Å²) < 4.78 is 1.88. The maximum absolute atomic E-state index is 9.20. The van der Waals surface area contributed by atoms with Gasteiger partial charge in [-0.3, -0.25) is 0 Å². The molecule has 2 heterocycles. The van der Waals surface area contributed by atoms with Crippen LogP contribution in [0, 0.1) is 32.1 Å². The number of pyridine rings is 1. The molecule has 5 nitrogen and oxygen atoms in total. The van der Waals surface area contributed by atoms with Crippen molar-refractivity contribution in [2.24, 2.45) is 7.05 Å². The fourth-order valence-corrected chi connectivity index (χ4v) is 2.60. The second-order valence-electron chi connectivity index (χ2n) is 4.06. The first-order valence-corrected chi connectivity index (χ1v) is 6.26. The molecule has 0 spiro atoms. The Morgan fingerprint density at radius 2 is 2.00 bits per heavy atom. The molecule has 0 radical (unpaired) electrons. The molecule has 0 fully saturated rings. The summed E-state index contributed by atoms with van der Waals surface area (Å²) in [6, 6.07) is 4.10. The van der Waals surface area contributed by atoms with Crippen molar-refractivity contribution in [3.05, 3.63) is 28.7 Å². The minimum absolute atomic E-state index is 0.603. The van der Waals surface area contributed by atoms with Crippen LogP contribution in [0.25, 0.3) is 0 Å². The molecule has 6 heteroatoms. The lowest BCUT2D eigenvalue weighted by Gasteiger charge is -2.06. The van der Waals surface area contributed by atoms with Crippen molar-refractivity contribution < 1.29 is 0 Å². The highest BCUT2D eigenvalue weighted by atomic mass is 32.2. The van der Waals surface area contributed by atoms with E-state index in [-0.39, 0.29) is 0 Å². The predicted molar refractivity (Wildman–Crippen MR) is 68.3 cm³/mol. The molecule has 0 unspecified atom stereocenters. The molecule has 2 aromatic heterocycles. The van der Waals surface area contributed by atoms with Gasteiger partial charge in [0.15, 0.2) is 5.16 Å². The molecule has 2 aromatic rings. The van der Waals surface area contributed by atoms with Gasteiger partial charge >= 0.3 is 0 Å². The summed E-state index contributed by atoms with van der Waals surface area (Å²) >= 11 is 1.37. The summed E-state index contributed by atoms with van der Waals surface area (Å²) in [4.78, 5) is 4.41. The Morgan fingerprint density at radius 3 is 2.56 bits per heavy atom. The predicted octanol–water partition coefficient (Wildman–Crippen LogP) is 2.16. The van der Waals surface area contributed by atoms with Gasteiger partial charge in [0.2, 0.25) is 0 Å². The van der Waals surface area contributed by atoms with Gasteiger partial charge in [-0.25, -0.2) is 4.98 Å². The van der Waals surface area contributed by atoms with Gasteiger partial charge < -0.3 is 4.57 Å². The van der Waals surface area contributed by atoms with Crippen molar-refractivity contribution in [3.63, 3.8) is 0 Å². The van der Waals surface area contributed by atoms with Crippen molar-refractivity contribution >= 4 is 11.8 Å². The van der Waals surface area contributed by atoms with Crippen LogP contribution < -0.4 is 0 Å². The normalized spacial score (nSPS) is 10.4. The molecule has 18 heavy (non-hydrogen) atoms. The van der Waals surface area contributed by atoms with Crippen molar-refractivity contribution in [2.75, 3.05) is 0 Å². The van der Waals surface area contributed by atoms with Gasteiger partial charge in [0.05, 0.1) is 5.56 Å². The summed E-state index contributed by atoms with van der Waals surface area (Å²) in [5, 5.41) is 18.7. The molecular weight excluding hydrogens is 246 g/mol. The number of aryl methyl sites for hydroxylation is 3. The van der Waals surface area contributed by atoms with E-state index in [1.54, 1.807) is 0 Å².